The van der Waals surface area contributed by atoms with Gasteiger partial charge in [0.25, 0.3) is 10.0 Å². The van der Waals surface area contributed by atoms with Gasteiger partial charge in [-0.15, -0.1) is 0 Å². The molecule has 2 aromatic carbocycles. The zero-order valence-corrected chi connectivity index (χ0v) is 13.0. The number of hydrogen-bond donors (Lipinski definition) is 1. The highest BCUT2D eigenvalue weighted by atomic mass is 35.5. The summed E-state index contributed by atoms with van der Waals surface area (Å²) in [4.78, 5) is 0.200. The molecule has 110 valence electrons. The number of hydrogen-bond acceptors (Lipinski definition) is 3. The fraction of sp³-hybridized carbons (Fsp3) is 0.200. The third-order valence-electron chi connectivity index (χ3n) is 3.61. The molecule has 0 aromatic heterocycles. The second kappa shape index (κ2) is 4.93. The molecule has 3 rings (SSSR count). The summed E-state index contributed by atoms with van der Waals surface area (Å²) in [5, 5.41) is 0.403. The Labute approximate surface area is 129 Å². The van der Waals surface area contributed by atoms with E-state index in [0.717, 1.165) is 5.56 Å². The fourth-order valence-electron chi connectivity index (χ4n) is 2.73. The van der Waals surface area contributed by atoms with Crippen LogP contribution < -0.4 is 10.0 Å². The first-order chi connectivity index (χ1) is 9.89. The van der Waals surface area contributed by atoms with Crippen molar-refractivity contribution in [1.82, 2.24) is 0 Å². The van der Waals surface area contributed by atoms with Crippen LogP contribution in [0.5, 0.6) is 0 Å². The topological polar surface area (TPSA) is 63.4 Å². The quantitative estimate of drug-likeness (QED) is 0.864. The van der Waals surface area contributed by atoms with Crippen molar-refractivity contribution in [3.05, 3.63) is 53.1 Å². The Morgan fingerprint density at radius 2 is 2.00 bits per heavy atom. The average molecular weight is 323 g/mol. The van der Waals surface area contributed by atoms with Gasteiger partial charge in [0, 0.05) is 16.8 Å². The molecule has 0 radical (unpaired) electrons. The minimum Gasteiger partial charge on any atom is -0.399 e. The zero-order chi connectivity index (χ0) is 15.2. The third-order valence-corrected chi connectivity index (χ3v) is 5.77. The van der Waals surface area contributed by atoms with Gasteiger partial charge in [0.1, 0.15) is 0 Å². The number of anilines is 2. The smallest absolute Gasteiger partial charge is 0.264 e. The molecule has 1 unspecified atom stereocenters. The van der Waals surface area contributed by atoms with Crippen molar-refractivity contribution in [3.63, 3.8) is 0 Å². The molecule has 0 aliphatic carbocycles. The number of sulfonamides is 1. The summed E-state index contributed by atoms with van der Waals surface area (Å²) in [5.74, 6) is 0. The highest BCUT2D eigenvalue weighted by molar-refractivity contribution is 7.92. The summed E-state index contributed by atoms with van der Waals surface area (Å²) < 4.78 is 27.2. The Bertz CT molecular complexity index is 805. The summed E-state index contributed by atoms with van der Waals surface area (Å²) in [6.07, 6.45) is 0.653. The minimum absolute atomic E-state index is 0.147. The van der Waals surface area contributed by atoms with E-state index in [4.69, 9.17) is 17.3 Å². The van der Waals surface area contributed by atoms with Gasteiger partial charge in [-0.25, -0.2) is 8.42 Å². The first kappa shape index (κ1) is 14.2. The molecule has 0 saturated carbocycles. The predicted molar refractivity (Wildman–Crippen MR) is 85.1 cm³/mol. The van der Waals surface area contributed by atoms with Crippen LogP contribution in [0.15, 0.2) is 47.4 Å². The second-order valence-electron chi connectivity index (χ2n) is 5.20. The SMILES string of the molecule is CC1Cc2cc(N)ccc2N1S(=O)(=O)c1cccc(Cl)c1. The molecule has 2 aromatic rings. The largest absolute Gasteiger partial charge is 0.399 e. The molecule has 1 aliphatic heterocycles. The molecule has 0 fully saturated rings. The number of nitrogen functional groups attached to an aromatic ring is 1. The maximum atomic E-state index is 12.9. The molecule has 1 atom stereocenters. The van der Waals surface area contributed by atoms with Crippen molar-refractivity contribution in [2.75, 3.05) is 10.0 Å². The molecular weight excluding hydrogens is 308 g/mol. The molecule has 2 N–H and O–H groups in total. The molecule has 1 aliphatic rings. The first-order valence-electron chi connectivity index (χ1n) is 6.58. The lowest BCUT2D eigenvalue weighted by Gasteiger charge is -2.24. The Kier molecular flexibility index (Phi) is 3.34. The number of halogens is 1. The van der Waals surface area contributed by atoms with Gasteiger partial charge in [0.2, 0.25) is 0 Å². The first-order valence-corrected chi connectivity index (χ1v) is 8.40. The Morgan fingerprint density at radius 1 is 1.24 bits per heavy atom. The van der Waals surface area contributed by atoms with E-state index in [1.807, 2.05) is 13.0 Å². The van der Waals surface area contributed by atoms with Crippen LogP contribution in [-0.4, -0.2) is 14.5 Å². The molecule has 21 heavy (non-hydrogen) atoms. The molecule has 6 heteroatoms. The van der Waals surface area contributed by atoms with Crippen molar-refractivity contribution >= 4 is 33.0 Å². The summed E-state index contributed by atoms with van der Waals surface area (Å²) in [6.45, 7) is 1.89. The van der Waals surface area contributed by atoms with Gasteiger partial charge in [-0.1, -0.05) is 17.7 Å². The lowest BCUT2D eigenvalue weighted by Crippen LogP contribution is -2.35. The van der Waals surface area contributed by atoms with E-state index in [-0.39, 0.29) is 10.9 Å². The fourth-order valence-corrected chi connectivity index (χ4v) is 4.72. The van der Waals surface area contributed by atoms with Crippen molar-refractivity contribution in [2.45, 2.75) is 24.3 Å². The Balaban J connectivity index is 2.12. The van der Waals surface area contributed by atoms with E-state index in [0.29, 0.717) is 22.8 Å². The van der Waals surface area contributed by atoms with Gasteiger partial charge in [-0.05, 0) is 55.3 Å². The van der Waals surface area contributed by atoms with Crippen LogP contribution in [0.25, 0.3) is 0 Å². The number of nitrogens with two attached hydrogens (primary N) is 1. The van der Waals surface area contributed by atoms with Crippen LogP contribution in [0.4, 0.5) is 11.4 Å². The maximum Gasteiger partial charge on any atom is 0.264 e. The number of nitrogens with zero attached hydrogens (tertiary/aromatic N) is 1. The van der Waals surface area contributed by atoms with E-state index in [9.17, 15) is 8.42 Å². The summed E-state index contributed by atoms with van der Waals surface area (Å²) in [5.41, 5.74) is 8.06. The van der Waals surface area contributed by atoms with E-state index >= 15 is 0 Å². The van der Waals surface area contributed by atoms with E-state index in [1.54, 1.807) is 30.3 Å². The average Bonchev–Trinajstić information content (AvgIpc) is 2.74. The van der Waals surface area contributed by atoms with Gasteiger partial charge < -0.3 is 5.73 Å². The second-order valence-corrected chi connectivity index (χ2v) is 7.45. The normalized spacial score (nSPS) is 17.8. The van der Waals surface area contributed by atoms with Crippen molar-refractivity contribution in [3.8, 4) is 0 Å². The van der Waals surface area contributed by atoms with Crippen molar-refractivity contribution < 1.29 is 8.42 Å². The number of fused-ring (bicyclic) bond motifs is 1. The van der Waals surface area contributed by atoms with Crippen LogP contribution in [0.3, 0.4) is 0 Å². The summed E-state index contributed by atoms with van der Waals surface area (Å²) >= 11 is 5.92. The Morgan fingerprint density at radius 3 is 2.71 bits per heavy atom. The highest BCUT2D eigenvalue weighted by Crippen LogP contribution is 2.37. The molecule has 0 amide bonds. The molecule has 4 nitrogen and oxygen atoms in total. The monoisotopic (exact) mass is 322 g/mol. The van der Waals surface area contributed by atoms with E-state index in [1.165, 1.54) is 10.4 Å². The van der Waals surface area contributed by atoms with Crippen LogP contribution in [0, 0.1) is 0 Å². The van der Waals surface area contributed by atoms with Crippen LogP contribution in [0.1, 0.15) is 12.5 Å². The number of rotatable bonds is 2. The third kappa shape index (κ3) is 2.36. The van der Waals surface area contributed by atoms with E-state index in [2.05, 4.69) is 0 Å². The lowest BCUT2D eigenvalue weighted by atomic mass is 10.1. The van der Waals surface area contributed by atoms with Crippen molar-refractivity contribution in [1.29, 1.82) is 0 Å². The zero-order valence-electron chi connectivity index (χ0n) is 11.5. The standard InChI is InChI=1S/C15H15ClN2O2S/c1-10-7-11-8-13(17)5-6-15(11)18(10)21(19,20)14-4-2-3-12(16)9-14/h2-6,8-10H,7,17H2,1H3. The minimum atomic E-state index is -3.63. The van der Waals surface area contributed by atoms with Gasteiger partial charge in [-0.3, -0.25) is 4.31 Å². The molecule has 0 spiro atoms. The molecule has 1 heterocycles. The molecule has 0 saturated heterocycles. The van der Waals surface area contributed by atoms with Crippen molar-refractivity contribution in [2.24, 2.45) is 0 Å². The molecule has 0 bridgehead atoms. The van der Waals surface area contributed by atoms with E-state index < -0.39 is 10.0 Å². The van der Waals surface area contributed by atoms with Gasteiger partial charge in [-0.2, -0.15) is 0 Å². The Hall–Kier alpha value is -1.72. The van der Waals surface area contributed by atoms with Crippen LogP contribution in [0.2, 0.25) is 5.02 Å². The summed E-state index contributed by atoms with van der Waals surface area (Å²) in [7, 11) is -3.63. The number of benzene rings is 2. The highest BCUT2D eigenvalue weighted by Gasteiger charge is 2.36. The summed E-state index contributed by atoms with van der Waals surface area (Å²) in [6, 6.07) is 11.5. The van der Waals surface area contributed by atoms with Gasteiger partial charge in [0.15, 0.2) is 0 Å². The van der Waals surface area contributed by atoms with Crippen LogP contribution in [-0.2, 0) is 16.4 Å². The van der Waals surface area contributed by atoms with Gasteiger partial charge >= 0.3 is 0 Å². The maximum absolute atomic E-state index is 12.9. The molecular formula is C15H15ClN2O2S. The van der Waals surface area contributed by atoms with Gasteiger partial charge in [0.05, 0.1) is 10.6 Å². The lowest BCUT2D eigenvalue weighted by molar-refractivity contribution is 0.584. The van der Waals surface area contributed by atoms with Crippen LogP contribution >= 0.6 is 11.6 Å². The predicted octanol–water partition coefficient (Wildman–Crippen LogP) is 3.06.